The number of imidazole rings is 1. The van der Waals surface area contributed by atoms with E-state index in [4.69, 9.17) is 6.42 Å². The highest BCUT2D eigenvalue weighted by atomic mass is 16.2. The predicted molar refractivity (Wildman–Crippen MR) is 76.7 cm³/mol. The Kier molecular flexibility index (Phi) is 3.93. The first-order chi connectivity index (χ1) is 9.97. The maximum absolute atomic E-state index is 12.2. The zero-order valence-corrected chi connectivity index (χ0v) is 11.8. The van der Waals surface area contributed by atoms with E-state index in [1.165, 1.54) is 22.8 Å². The molecule has 1 N–H and O–H groups in total. The van der Waals surface area contributed by atoms with Crippen molar-refractivity contribution in [2.75, 3.05) is 13.6 Å². The minimum atomic E-state index is -0.507. The van der Waals surface area contributed by atoms with E-state index in [9.17, 15) is 14.4 Å². The number of carbonyl (C=O) groups excluding carboxylic acids is 1. The molecule has 1 amide bonds. The van der Waals surface area contributed by atoms with Crippen LogP contribution in [-0.2, 0) is 18.4 Å². The first kappa shape index (κ1) is 14.6. The maximum Gasteiger partial charge on any atom is 0.332 e. The third kappa shape index (κ3) is 2.58. The molecule has 0 unspecified atom stereocenters. The lowest BCUT2D eigenvalue weighted by Gasteiger charge is -2.14. The Morgan fingerprint density at radius 2 is 2.24 bits per heavy atom. The molecular formula is C13H15N5O3. The second-order valence-electron chi connectivity index (χ2n) is 4.60. The van der Waals surface area contributed by atoms with Gasteiger partial charge in [0, 0.05) is 27.1 Å². The molecule has 0 atom stereocenters. The molecule has 0 fully saturated rings. The Morgan fingerprint density at radius 3 is 2.90 bits per heavy atom. The van der Waals surface area contributed by atoms with Crippen LogP contribution in [0.5, 0.6) is 0 Å². The fraction of sp³-hybridized carbons (Fsp3) is 0.385. The molecule has 0 spiro atoms. The van der Waals surface area contributed by atoms with Crippen molar-refractivity contribution in [2.24, 2.45) is 7.05 Å². The van der Waals surface area contributed by atoms with Crippen LogP contribution in [0.1, 0.15) is 6.42 Å². The summed E-state index contributed by atoms with van der Waals surface area (Å²) in [7, 11) is 3.09. The number of H-pyrrole nitrogens is 1. The zero-order chi connectivity index (χ0) is 15.6. The van der Waals surface area contributed by atoms with Crippen molar-refractivity contribution in [2.45, 2.75) is 13.0 Å². The van der Waals surface area contributed by atoms with Crippen molar-refractivity contribution >= 4 is 17.1 Å². The molecule has 2 aromatic heterocycles. The summed E-state index contributed by atoms with van der Waals surface area (Å²) in [5, 5.41) is 0. The summed E-state index contributed by atoms with van der Waals surface area (Å²) in [4.78, 5) is 44.1. The molecule has 0 bridgehead atoms. The molecule has 0 saturated heterocycles. The molecular weight excluding hydrogens is 274 g/mol. The Balaban J connectivity index is 2.32. The van der Waals surface area contributed by atoms with Gasteiger partial charge in [0.1, 0.15) is 5.52 Å². The molecule has 0 aliphatic carbocycles. The lowest BCUT2D eigenvalue weighted by molar-refractivity contribution is -0.129. The predicted octanol–water partition coefficient (Wildman–Crippen LogP) is -1.09. The fourth-order valence-electron chi connectivity index (χ4n) is 2.01. The van der Waals surface area contributed by atoms with Crippen molar-refractivity contribution < 1.29 is 4.79 Å². The minimum Gasteiger partial charge on any atom is -0.339 e. The number of hydrogen-bond donors (Lipinski definition) is 1. The number of aromatic amines is 1. The van der Waals surface area contributed by atoms with E-state index in [1.807, 2.05) is 0 Å². The van der Waals surface area contributed by atoms with E-state index in [0.29, 0.717) is 0 Å². The summed E-state index contributed by atoms with van der Waals surface area (Å²) in [5.74, 6) is 2.13. The van der Waals surface area contributed by atoms with Crippen molar-refractivity contribution in [3.05, 3.63) is 27.2 Å². The monoisotopic (exact) mass is 289 g/mol. The van der Waals surface area contributed by atoms with Gasteiger partial charge < -0.3 is 9.88 Å². The van der Waals surface area contributed by atoms with Gasteiger partial charge in [-0.15, -0.1) is 6.42 Å². The smallest absolute Gasteiger partial charge is 0.332 e. The standard InChI is InChI=1S/C13H15N5O3/c1-4-6-16(2)9(19)5-7-18-12(20)10-11(15-8-14-10)17(3)13(18)21/h1,8H,5-7H2,2-3H3,(H,14,15). The van der Waals surface area contributed by atoms with E-state index in [1.54, 1.807) is 7.05 Å². The third-order valence-electron chi connectivity index (χ3n) is 3.22. The molecule has 2 aromatic rings. The van der Waals surface area contributed by atoms with Crippen LogP contribution in [0.4, 0.5) is 0 Å². The molecule has 0 aliphatic heterocycles. The van der Waals surface area contributed by atoms with Crippen LogP contribution in [0.2, 0.25) is 0 Å². The number of rotatable bonds is 4. The molecule has 0 saturated carbocycles. The molecule has 0 radical (unpaired) electrons. The first-order valence-electron chi connectivity index (χ1n) is 6.27. The minimum absolute atomic E-state index is 0.00574. The molecule has 21 heavy (non-hydrogen) atoms. The summed E-state index contributed by atoms with van der Waals surface area (Å²) in [6, 6.07) is 0. The summed E-state index contributed by atoms with van der Waals surface area (Å²) in [6.07, 6.45) is 6.50. The second kappa shape index (κ2) is 5.66. The van der Waals surface area contributed by atoms with Crippen LogP contribution in [0, 0.1) is 12.3 Å². The molecule has 2 heterocycles. The third-order valence-corrected chi connectivity index (χ3v) is 3.22. The van der Waals surface area contributed by atoms with Crippen molar-refractivity contribution in [1.82, 2.24) is 24.0 Å². The Labute approximate surface area is 120 Å². The van der Waals surface area contributed by atoms with Gasteiger partial charge in [-0.05, 0) is 0 Å². The molecule has 8 nitrogen and oxygen atoms in total. The van der Waals surface area contributed by atoms with E-state index in [0.717, 1.165) is 4.57 Å². The van der Waals surface area contributed by atoms with Crippen molar-refractivity contribution in [3.8, 4) is 12.3 Å². The maximum atomic E-state index is 12.2. The SMILES string of the molecule is C#CCN(C)C(=O)CCn1c(=O)c2[nH]cnc2n(C)c1=O. The van der Waals surface area contributed by atoms with Crippen LogP contribution in [0.3, 0.4) is 0 Å². The number of amides is 1. The van der Waals surface area contributed by atoms with Crippen LogP contribution < -0.4 is 11.2 Å². The van der Waals surface area contributed by atoms with Gasteiger partial charge in [-0.25, -0.2) is 9.78 Å². The van der Waals surface area contributed by atoms with E-state index < -0.39 is 11.2 Å². The van der Waals surface area contributed by atoms with Gasteiger partial charge in [0.15, 0.2) is 5.65 Å². The molecule has 0 aliphatic rings. The number of fused-ring (bicyclic) bond motifs is 1. The van der Waals surface area contributed by atoms with Crippen LogP contribution in [-0.4, -0.2) is 43.5 Å². The average molecular weight is 289 g/mol. The van der Waals surface area contributed by atoms with Crippen molar-refractivity contribution in [3.63, 3.8) is 0 Å². The first-order valence-corrected chi connectivity index (χ1v) is 6.27. The lowest BCUT2D eigenvalue weighted by Crippen LogP contribution is -2.40. The van der Waals surface area contributed by atoms with E-state index in [2.05, 4.69) is 15.9 Å². The van der Waals surface area contributed by atoms with Gasteiger partial charge in [0.2, 0.25) is 5.91 Å². The summed E-state index contributed by atoms with van der Waals surface area (Å²) in [5.41, 5.74) is -0.469. The molecule has 0 aromatic carbocycles. The number of terminal acetylenes is 1. The van der Waals surface area contributed by atoms with E-state index in [-0.39, 0.29) is 36.6 Å². The highest BCUT2D eigenvalue weighted by Gasteiger charge is 2.14. The molecule has 2 rings (SSSR count). The largest absolute Gasteiger partial charge is 0.339 e. The van der Waals surface area contributed by atoms with Crippen LogP contribution in [0.15, 0.2) is 15.9 Å². The molecule has 110 valence electrons. The summed E-state index contributed by atoms with van der Waals surface area (Å²) < 4.78 is 2.28. The van der Waals surface area contributed by atoms with Gasteiger partial charge in [-0.2, -0.15) is 0 Å². The number of aromatic nitrogens is 4. The highest BCUT2D eigenvalue weighted by Crippen LogP contribution is 1.99. The highest BCUT2D eigenvalue weighted by molar-refractivity contribution is 5.76. The Bertz CT molecular complexity index is 836. The van der Waals surface area contributed by atoms with Gasteiger partial charge >= 0.3 is 5.69 Å². The molecule has 8 heteroatoms. The number of nitrogens with zero attached hydrogens (tertiary/aromatic N) is 4. The number of carbonyl (C=O) groups is 1. The van der Waals surface area contributed by atoms with Gasteiger partial charge in [0.05, 0.1) is 12.9 Å². The van der Waals surface area contributed by atoms with Gasteiger partial charge in [-0.1, -0.05) is 5.92 Å². The van der Waals surface area contributed by atoms with Gasteiger partial charge in [0.25, 0.3) is 5.56 Å². The summed E-state index contributed by atoms with van der Waals surface area (Å²) >= 11 is 0. The van der Waals surface area contributed by atoms with Crippen LogP contribution >= 0.6 is 0 Å². The normalized spacial score (nSPS) is 10.5. The fourth-order valence-corrected chi connectivity index (χ4v) is 2.01. The van der Waals surface area contributed by atoms with Crippen molar-refractivity contribution in [1.29, 1.82) is 0 Å². The quantitative estimate of drug-likeness (QED) is 0.723. The average Bonchev–Trinajstić information content (AvgIpc) is 2.94. The summed E-state index contributed by atoms with van der Waals surface area (Å²) in [6.45, 7) is 0.180. The number of aryl methyl sites for hydroxylation is 1. The lowest BCUT2D eigenvalue weighted by atomic mass is 10.3. The van der Waals surface area contributed by atoms with Crippen LogP contribution in [0.25, 0.3) is 11.2 Å². The second-order valence-corrected chi connectivity index (χ2v) is 4.60. The number of hydrogen-bond acceptors (Lipinski definition) is 4. The Morgan fingerprint density at radius 1 is 1.52 bits per heavy atom. The van der Waals surface area contributed by atoms with E-state index >= 15 is 0 Å². The Hall–Kier alpha value is -2.82. The topological polar surface area (TPSA) is 93.0 Å². The zero-order valence-electron chi connectivity index (χ0n) is 11.8. The number of nitrogens with one attached hydrogen (secondary N) is 1. The van der Waals surface area contributed by atoms with Gasteiger partial charge in [-0.3, -0.25) is 18.7 Å².